The number of rotatable bonds is 6. The molecule has 0 aliphatic carbocycles. The first-order chi connectivity index (χ1) is 7.90. The van der Waals surface area contributed by atoms with Crippen LogP contribution < -0.4 is 11.1 Å². The van der Waals surface area contributed by atoms with Crippen LogP contribution in [0.1, 0.15) is 38.7 Å². The molecule has 0 aromatic carbocycles. The summed E-state index contributed by atoms with van der Waals surface area (Å²) in [5.41, 5.74) is 6.14. The molecule has 3 heteroatoms. The third-order valence-corrected chi connectivity index (χ3v) is 2.76. The van der Waals surface area contributed by atoms with Crippen molar-refractivity contribution >= 4 is 0 Å². The van der Waals surface area contributed by atoms with Crippen molar-refractivity contribution in [3.63, 3.8) is 0 Å². The van der Waals surface area contributed by atoms with Crippen LogP contribution in [0.5, 0.6) is 0 Å². The zero-order valence-electron chi connectivity index (χ0n) is 11.5. The maximum atomic E-state index is 5.80. The van der Waals surface area contributed by atoms with E-state index in [9.17, 15) is 0 Å². The third kappa shape index (κ3) is 5.89. The summed E-state index contributed by atoms with van der Waals surface area (Å²) in [7, 11) is 0. The normalized spacial score (nSPS) is 13.9. The number of hydrogen-bond acceptors (Lipinski definition) is 3. The first-order valence-corrected chi connectivity index (χ1v) is 6.37. The van der Waals surface area contributed by atoms with Crippen molar-refractivity contribution in [1.29, 1.82) is 0 Å². The quantitative estimate of drug-likeness (QED) is 0.801. The third-order valence-electron chi connectivity index (χ3n) is 2.76. The molecule has 0 radical (unpaired) electrons. The van der Waals surface area contributed by atoms with Gasteiger partial charge in [-0.15, -0.1) is 0 Å². The van der Waals surface area contributed by atoms with E-state index in [0.29, 0.717) is 11.3 Å². The van der Waals surface area contributed by atoms with E-state index in [1.165, 1.54) is 0 Å². The highest BCUT2D eigenvalue weighted by atomic mass is 16.3. The van der Waals surface area contributed by atoms with Crippen molar-refractivity contribution in [3.8, 4) is 0 Å². The van der Waals surface area contributed by atoms with Crippen LogP contribution in [-0.2, 0) is 6.54 Å². The monoisotopic (exact) mass is 238 g/mol. The van der Waals surface area contributed by atoms with Gasteiger partial charge in [0.1, 0.15) is 11.5 Å². The molecule has 0 bridgehead atoms. The van der Waals surface area contributed by atoms with Gasteiger partial charge in [-0.3, -0.25) is 0 Å². The van der Waals surface area contributed by atoms with Crippen LogP contribution in [-0.4, -0.2) is 13.1 Å². The van der Waals surface area contributed by atoms with Crippen LogP contribution in [0.2, 0.25) is 0 Å². The van der Waals surface area contributed by atoms with E-state index >= 15 is 0 Å². The van der Waals surface area contributed by atoms with Gasteiger partial charge in [0.05, 0.1) is 6.54 Å². The summed E-state index contributed by atoms with van der Waals surface area (Å²) in [5, 5.41) is 3.41. The molecule has 0 aliphatic rings. The van der Waals surface area contributed by atoms with Gasteiger partial charge in [0, 0.05) is 0 Å². The summed E-state index contributed by atoms with van der Waals surface area (Å²) < 4.78 is 5.51. The molecule has 1 aromatic rings. The number of furan rings is 1. The van der Waals surface area contributed by atoms with Gasteiger partial charge in [0.25, 0.3) is 0 Å². The van der Waals surface area contributed by atoms with Gasteiger partial charge in [-0.05, 0) is 49.9 Å². The van der Waals surface area contributed by atoms with Crippen molar-refractivity contribution in [1.82, 2.24) is 5.32 Å². The molecule has 98 valence electrons. The summed E-state index contributed by atoms with van der Waals surface area (Å²) >= 11 is 0. The molecule has 0 amide bonds. The van der Waals surface area contributed by atoms with Gasteiger partial charge in [-0.25, -0.2) is 0 Å². The Morgan fingerprint density at radius 1 is 1.35 bits per heavy atom. The summed E-state index contributed by atoms with van der Waals surface area (Å²) in [4.78, 5) is 0. The number of nitrogens with two attached hydrogens (primary N) is 1. The van der Waals surface area contributed by atoms with Gasteiger partial charge >= 0.3 is 0 Å². The maximum absolute atomic E-state index is 5.80. The van der Waals surface area contributed by atoms with E-state index in [1.54, 1.807) is 0 Å². The van der Waals surface area contributed by atoms with Crippen molar-refractivity contribution in [3.05, 3.63) is 23.7 Å². The summed E-state index contributed by atoms with van der Waals surface area (Å²) in [6, 6.07) is 4.01. The van der Waals surface area contributed by atoms with Crippen LogP contribution in [0.4, 0.5) is 0 Å². The van der Waals surface area contributed by atoms with Crippen molar-refractivity contribution in [2.75, 3.05) is 13.1 Å². The zero-order valence-corrected chi connectivity index (χ0v) is 11.5. The molecule has 1 rings (SSSR count). The molecule has 1 aromatic heterocycles. The molecule has 1 atom stereocenters. The van der Waals surface area contributed by atoms with E-state index in [4.69, 9.17) is 10.2 Å². The van der Waals surface area contributed by atoms with Gasteiger partial charge in [-0.2, -0.15) is 0 Å². The Morgan fingerprint density at radius 3 is 2.53 bits per heavy atom. The van der Waals surface area contributed by atoms with Crippen LogP contribution in [0.15, 0.2) is 16.5 Å². The highest BCUT2D eigenvalue weighted by Crippen LogP contribution is 2.23. The Kier molecular flexibility index (Phi) is 5.22. The Hall–Kier alpha value is -0.800. The van der Waals surface area contributed by atoms with Gasteiger partial charge in [0.15, 0.2) is 0 Å². The Morgan fingerprint density at radius 2 is 2.06 bits per heavy atom. The standard InChI is InChI=1S/C14H26N2O/c1-11-5-6-13(17-11)10-16-9-12(8-15)7-14(2,3)4/h5-6,12,16H,7-10,15H2,1-4H3. The zero-order chi connectivity index (χ0) is 12.9. The molecule has 3 N–H and O–H groups in total. The second-order valence-electron chi connectivity index (χ2n) is 6.01. The second kappa shape index (κ2) is 6.22. The molecule has 1 heterocycles. The molecule has 0 fully saturated rings. The lowest BCUT2D eigenvalue weighted by atomic mass is 9.84. The van der Waals surface area contributed by atoms with Gasteiger partial charge < -0.3 is 15.5 Å². The predicted molar refractivity (Wildman–Crippen MR) is 71.8 cm³/mol. The van der Waals surface area contributed by atoms with Crippen molar-refractivity contribution in [2.45, 2.75) is 40.7 Å². The largest absolute Gasteiger partial charge is 0.465 e. The van der Waals surface area contributed by atoms with Crippen LogP contribution in [0, 0.1) is 18.3 Å². The average molecular weight is 238 g/mol. The first-order valence-electron chi connectivity index (χ1n) is 6.37. The summed E-state index contributed by atoms with van der Waals surface area (Å²) in [5.74, 6) is 2.49. The average Bonchev–Trinajstić information content (AvgIpc) is 2.61. The number of nitrogens with one attached hydrogen (secondary N) is 1. The molecule has 1 unspecified atom stereocenters. The molecular formula is C14H26N2O. The molecule has 3 nitrogen and oxygen atoms in total. The minimum atomic E-state index is 0.340. The Labute approximate surface area is 105 Å². The maximum Gasteiger partial charge on any atom is 0.117 e. The molecule has 0 saturated heterocycles. The smallest absolute Gasteiger partial charge is 0.117 e. The fourth-order valence-corrected chi connectivity index (χ4v) is 2.08. The van der Waals surface area contributed by atoms with E-state index in [1.807, 2.05) is 19.1 Å². The lowest BCUT2D eigenvalue weighted by molar-refractivity contribution is 0.287. The summed E-state index contributed by atoms with van der Waals surface area (Å²) in [6.07, 6.45) is 1.15. The molecule has 0 spiro atoms. The fraction of sp³-hybridized carbons (Fsp3) is 0.714. The predicted octanol–water partition coefficient (Wildman–Crippen LogP) is 2.69. The van der Waals surface area contributed by atoms with Gasteiger partial charge in [-0.1, -0.05) is 20.8 Å². The number of hydrogen-bond donors (Lipinski definition) is 2. The first kappa shape index (κ1) is 14.3. The van der Waals surface area contributed by atoms with Crippen LogP contribution in [0.25, 0.3) is 0 Å². The van der Waals surface area contributed by atoms with Crippen molar-refractivity contribution < 1.29 is 4.42 Å². The number of aryl methyl sites for hydroxylation is 1. The minimum absolute atomic E-state index is 0.340. The van der Waals surface area contributed by atoms with Crippen molar-refractivity contribution in [2.24, 2.45) is 17.1 Å². The van der Waals surface area contributed by atoms with Crippen LogP contribution in [0.3, 0.4) is 0 Å². The van der Waals surface area contributed by atoms with Gasteiger partial charge in [0.2, 0.25) is 0 Å². The second-order valence-corrected chi connectivity index (χ2v) is 6.01. The van der Waals surface area contributed by atoms with E-state index in [2.05, 4.69) is 26.1 Å². The minimum Gasteiger partial charge on any atom is -0.465 e. The molecule has 0 aliphatic heterocycles. The highest BCUT2D eigenvalue weighted by Gasteiger charge is 2.17. The Bertz CT molecular complexity index is 325. The van der Waals surface area contributed by atoms with E-state index in [0.717, 1.165) is 37.6 Å². The molecule has 17 heavy (non-hydrogen) atoms. The summed E-state index contributed by atoms with van der Waals surface area (Å²) in [6.45, 7) is 11.2. The Balaban J connectivity index is 2.28. The lowest BCUT2D eigenvalue weighted by Gasteiger charge is -2.25. The molecular weight excluding hydrogens is 212 g/mol. The topological polar surface area (TPSA) is 51.2 Å². The van der Waals surface area contributed by atoms with E-state index in [-0.39, 0.29) is 0 Å². The fourth-order valence-electron chi connectivity index (χ4n) is 2.08. The highest BCUT2D eigenvalue weighted by molar-refractivity contribution is 5.05. The SMILES string of the molecule is Cc1ccc(CNCC(CN)CC(C)(C)C)o1. The lowest BCUT2D eigenvalue weighted by Crippen LogP contribution is -2.31. The molecule has 0 saturated carbocycles. The van der Waals surface area contributed by atoms with E-state index < -0.39 is 0 Å². The van der Waals surface area contributed by atoms with Crippen LogP contribution >= 0.6 is 0 Å².